The number of hydrogen-bond donors (Lipinski definition) is 1. The monoisotopic (exact) mass is 276 g/mol. The third kappa shape index (κ3) is 2.30. The first-order chi connectivity index (χ1) is 9.65. The summed E-state index contributed by atoms with van der Waals surface area (Å²) in [6.45, 7) is 2.44. The van der Waals surface area contributed by atoms with Crippen LogP contribution in [-0.4, -0.2) is 42.4 Å². The lowest BCUT2D eigenvalue weighted by Crippen LogP contribution is -2.36. The largest absolute Gasteiger partial charge is 0.477 e. The fourth-order valence-corrected chi connectivity index (χ4v) is 2.36. The molecule has 1 aromatic carbocycles. The second-order valence-electron chi connectivity index (χ2n) is 4.59. The highest BCUT2D eigenvalue weighted by atomic mass is 19.1. The molecular weight excluding hydrogens is 263 g/mol. The SMILES string of the molecule is O=C(O)c1cc(N2CCOCC2)c2cc(F)ccc2n1. The Hall–Kier alpha value is -2.21. The Balaban J connectivity index is 2.19. The molecule has 6 heteroatoms. The summed E-state index contributed by atoms with van der Waals surface area (Å²) < 4.78 is 18.7. The molecule has 1 aliphatic rings. The molecule has 0 atom stereocenters. The topological polar surface area (TPSA) is 62.7 Å². The maximum Gasteiger partial charge on any atom is 0.354 e. The van der Waals surface area contributed by atoms with Gasteiger partial charge in [-0.15, -0.1) is 0 Å². The zero-order valence-corrected chi connectivity index (χ0v) is 10.7. The molecule has 0 spiro atoms. The van der Waals surface area contributed by atoms with Crippen LogP contribution < -0.4 is 4.90 Å². The van der Waals surface area contributed by atoms with E-state index >= 15 is 0 Å². The van der Waals surface area contributed by atoms with Crippen molar-refractivity contribution >= 4 is 22.6 Å². The van der Waals surface area contributed by atoms with Crippen molar-refractivity contribution in [3.8, 4) is 0 Å². The number of pyridine rings is 1. The van der Waals surface area contributed by atoms with E-state index in [4.69, 9.17) is 9.84 Å². The summed E-state index contributed by atoms with van der Waals surface area (Å²) in [5, 5.41) is 9.76. The highest BCUT2D eigenvalue weighted by Gasteiger charge is 2.18. The standard InChI is InChI=1S/C14H13FN2O3/c15-9-1-2-11-10(7-9)13(8-12(16-11)14(18)19)17-3-5-20-6-4-17/h1-2,7-8H,3-6H2,(H,18,19). The van der Waals surface area contributed by atoms with E-state index in [0.29, 0.717) is 42.9 Å². The summed E-state index contributed by atoms with van der Waals surface area (Å²) in [4.78, 5) is 17.2. The van der Waals surface area contributed by atoms with Crippen LogP contribution in [-0.2, 0) is 4.74 Å². The van der Waals surface area contributed by atoms with Crippen LogP contribution in [0.1, 0.15) is 10.5 Å². The Morgan fingerprint density at radius 2 is 2.05 bits per heavy atom. The molecule has 0 aliphatic carbocycles. The van der Waals surface area contributed by atoms with Crippen molar-refractivity contribution in [2.24, 2.45) is 0 Å². The molecule has 0 bridgehead atoms. The van der Waals surface area contributed by atoms with Crippen molar-refractivity contribution in [3.63, 3.8) is 0 Å². The maximum atomic E-state index is 13.5. The maximum absolute atomic E-state index is 13.5. The molecule has 1 fully saturated rings. The van der Waals surface area contributed by atoms with E-state index in [1.54, 1.807) is 0 Å². The molecular formula is C14H13FN2O3. The molecule has 1 aromatic heterocycles. The predicted molar refractivity (Wildman–Crippen MR) is 71.7 cm³/mol. The van der Waals surface area contributed by atoms with Gasteiger partial charge in [0.2, 0.25) is 0 Å². The lowest BCUT2D eigenvalue weighted by Gasteiger charge is -2.30. The van der Waals surface area contributed by atoms with Crippen molar-refractivity contribution in [3.05, 3.63) is 35.8 Å². The van der Waals surface area contributed by atoms with Crippen molar-refractivity contribution in [2.45, 2.75) is 0 Å². The van der Waals surface area contributed by atoms with E-state index in [1.807, 2.05) is 4.90 Å². The van der Waals surface area contributed by atoms with Gasteiger partial charge in [0.25, 0.3) is 0 Å². The van der Waals surface area contributed by atoms with Gasteiger partial charge in [-0.1, -0.05) is 0 Å². The number of nitrogens with zero attached hydrogens (tertiary/aromatic N) is 2. The molecule has 0 saturated carbocycles. The van der Waals surface area contributed by atoms with Gasteiger partial charge in [-0.2, -0.15) is 0 Å². The van der Waals surface area contributed by atoms with E-state index in [0.717, 1.165) is 0 Å². The average Bonchev–Trinajstić information content (AvgIpc) is 2.47. The number of aromatic carboxylic acids is 1. The van der Waals surface area contributed by atoms with Gasteiger partial charge >= 0.3 is 5.97 Å². The van der Waals surface area contributed by atoms with Gasteiger partial charge in [0.05, 0.1) is 18.7 Å². The molecule has 0 amide bonds. The number of hydrogen-bond acceptors (Lipinski definition) is 4. The second-order valence-corrected chi connectivity index (χ2v) is 4.59. The van der Waals surface area contributed by atoms with Crippen molar-refractivity contribution in [1.82, 2.24) is 4.98 Å². The second kappa shape index (κ2) is 5.05. The van der Waals surface area contributed by atoms with Crippen LogP contribution in [0.15, 0.2) is 24.3 Å². The summed E-state index contributed by atoms with van der Waals surface area (Å²) in [5.41, 5.74) is 1.13. The lowest BCUT2D eigenvalue weighted by atomic mass is 10.1. The highest BCUT2D eigenvalue weighted by molar-refractivity contribution is 5.97. The Morgan fingerprint density at radius 3 is 2.75 bits per heavy atom. The normalized spacial score (nSPS) is 15.6. The summed E-state index contributed by atoms with van der Waals surface area (Å²) >= 11 is 0. The molecule has 20 heavy (non-hydrogen) atoms. The summed E-state index contributed by atoms with van der Waals surface area (Å²) in [5.74, 6) is -1.46. The third-order valence-electron chi connectivity index (χ3n) is 3.32. The summed E-state index contributed by atoms with van der Waals surface area (Å²) in [6.07, 6.45) is 0. The van der Waals surface area contributed by atoms with Crippen molar-refractivity contribution in [1.29, 1.82) is 0 Å². The number of aromatic nitrogens is 1. The smallest absolute Gasteiger partial charge is 0.354 e. The number of anilines is 1. The quantitative estimate of drug-likeness (QED) is 0.907. The molecule has 0 unspecified atom stereocenters. The number of morpholine rings is 1. The van der Waals surface area contributed by atoms with Crippen LogP contribution in [0.3, 0.4) is 0 Å². The van der Waals surface area contributed by atoms with Gasteiger partial charge in [0.1, 0.15) is 5.82 Å². The van der Waals surface area contributed by atoms with Crippen molar-refractivity contribution in [2.75, 3.05) is 31.2 Å². The molecule has 1 aliphatic heterocycles. The van der Waals surface area contributed by atoms with Gasteiger partial charge in [0, 0.05) is 24.2 Å². The Kier molecular flexibility index (Phi) is 3.23. The van der Waals surface area contributed by atoms with Crippen LogP contribution in [0.5, 0.6) is 0 Å². The molecule has 1 N–H and O–H groups in total. The van der Waals surface area contributed by atoms with Crippen LogP contribution >= 0.6 is 0 Å². The molecule has 2 aromatic rings. The minimum Gasteiger partial charge on any atom is -0.477 e. The number of fused-ring (bicyclic) bond motifs is 1. The highest BCUT2D eigenvalue weighted by Crippen LogP contribution is 2.28. The number of carboxylic acids is 1. The van der Waals surface area contributed by atoms with Gasteiger partial charge in [-0.25, -0.2) is 14.2 Å². The van der Waals surface area contributed by atoms with Crippen LogP contribution in [0, 0.1) is 5.82 Å². The van der Waals surface area contributed by atoms with Gasteiger partial charge in [-0.3, -0.25) is 0 Å². The number of benzene rings is 1. The molecule has 104 valence electrons. The van der Waals surface area contributed by atoms with E-state index in [2.05, 4.69) is 4.98 Å². The lowest BCUT2D eigenvalue weighted by molar-refractivity contribution is 0.0691. The minimum atomic E-state index is -1.09. The number of carbonyl (C=O) groups is 1. The molecule has 0 radical (unpaired) electrons. The third-order valence-corrected chi connectivity index (χ3v) is 3.32. The zero-order valence-electron chi connectivity index (χ0n) is 10.7. The minimum absolute atomic E-state index is 0.0365. The van der Waals surface area contributed by atoms with Crippen LogP contribution in [0.4, 0.5) is 10.1 Å². The number of halogens is 1. The van der Waals surface area contributed by atoms with Crippen molar-refractivity contribution < 1.29 is 19.0 Å². The van der Waals surface area contributed by atoms with Crippen LogP contribution in [0.25, 0.3) is 10.9 Å². The van der Waals surface area contributed by atoms with Crippen LogP contribution in [0.2, 0.25) is 0 Å². The summed E-state index contributed by atoms with van der Waals surface area (Å²) in [7, 11) is 0. The molecule has 2 heterocycles. The first kappa shape index (κ1) is 12.8. The molecule has 3 rings (SSSR count). The number of rotatable bonds is 2. The molecule has 1 saturated heterocycles. The van der Waals surface area contributed by atoms with E-state index in [9.17, 15) is 9.18 Å². The van der Waals surface area contributed by atoms with Gasteiger partial charge in [0.15, 0.2) is 5.69 Å². The first-order valence-electron chi connectivity index (χ1n) is 6.31. The number of ether oxygens (including phenoxy) is 1. The Labute approximate surface area is 114 Å². The molecule has 5 nitrogen and oxygen atoms in total. The van der Waals surface area contributed by atoms with Gasteiger partial charge < -0.3 is 14.7 Å². The van der Waals surface area contributed by atoms with E-state index in [1.165, 1.54) is 24.3 Å². The van der Waals surface area contributed by atoms with E-state index in [-0.39, 0.29) is 11.5 Å². The fraction of sp³-hybridized carbons (Fsp3) is 0.286. The Morgan fingerprint density at radius 1 is 1.30 bits per heavy atom. The van der Waals surface area contributed by atoms with Gasteiger partial charge in [-0.05, 0) is 24.3 Å². The fourth-order valence-electron chi connectivity index (χ4n) is 2.36. The van der Waals surface area contributed by atoms with E-state index < -0.39 is 5.97 Å². The first-order valence-corrected chi connectivity index (χ1v) is 6.31. The average molecular weight is 276 g/mol. The zero-order chi connectivity index (χ0) is 14.1. The predicted octanol–water partition coefficient (Wildman–Crippen LogP) is 1.91. The number of carboxylic acid groups (broad SMARTS) is 1. The Bertz CT molecular complexity index is 669. The summed E-state index contributed by atoms with van der Waals surface area (Å²) in [6, 6.07) is 5.67.